The summed E-state index contributed by atoms with van der Waals surface area (Å²) < 4.78 is 25.9. The average Bonchev–Trinajstić information content (AvgIpc) is 2.29. The van der Waals surface area contributed by atoms with Crippen LogP contribution in [0.1, 0.15) is 13.8 Å². The number of sulfonamides is 1. The van der Waals surface area contributed by atoms with Crippen LogP contribution in [0.2, 0.25) is 0 Å². The van der Waals surface area contributed by atoms with Crippen molar-refractivity contribution in [1.29, 1.82) is 0 Å². The molecule has 94 valence electrons. The predicted molar refractivity (Wildman–Crippen MR) is 70.4 cm³/mol. The molecular formula is C13H13NO3S. The van der Waals surface area contributed by atoms with Gasteiger partial charge in [0.05, 0.1) is 5.69 Å². The van der Waals surface area contributed by atoms with Crippen molar-refractivity contribution >= 4 is 22.0 Å². The predicted octanol–water partition coefficient (Wildman–Crippen LogP) is 2.21. The molecule has 0 spiro atoms. The third-order valence-electron chi connectivity index (χ3n) is 2.75. The average molecular weight is 263 g/mol. The quantitative estimate of drug-likeness (QED) is 0.769. The van der Waals surface area contributed by atoms with Crippen molar-refractivity contribution in [3.05, 3.63) is 52.6 Å². The number of carbonyl (C=O) groups excluding carboxylic acids is 1. The standard InChI is InChI=1S/C13H13NO3S/c1-10-8-11(2)14(12-6-4-3-5-7-12)18(16,17)13(10)9-15/h3-9H,1-2H3. The first-order valence-corrected chi connectivity index (χ1v) is 6.87. The Balaban J connectivity index is 2.66. The summed E-state index contributed by atoms with van der Waals surface area (Å²) in [6.07, 6.45) is 2.08. The third-order valence-corrected chi connectivity index (χ3v) is 4.70. The lowest BCUT2D eigenvalue weighted by Crippen LogP contribution is -2.33. The van der Waals surface area contributed by atoms with Crippen LogP contribution in [0.5, 0.6) is 0 Å². The Morgan fingerprint density at radius 1 is 1.11 bits per heavy atom. The van der Waals surface area contributed by atoms with Crippen molar-refractivity contribution in [2.75, 3.05) is 4.31 Å². The Labute approximate surface area is 106 Å². The summed E-state index contributed by atoms with van der Waals surface area (Å²) in [5.41, 5.74) is 1.57. The Hall–Kier alpha value is -1.88. The number of aldehydes is 1. The van der Waals surface area contributed by atoms with Gasteiger partial charge in [0.1, 0.15) is 4.91 Å². The topological polar surface area (TPSA) is 54.5 Å². The van der Waals surface area contributed by atoms with Crippen molar-refractivity contribution in [3.8, 4) is 0 Å². The van der Waals surface area contributed by atoms with Crippen LogP contribution in [-0.2, 0) is 14.8 Å². The molecule has 0 N–H and O–H groups in total. The molecule has 2 rings (SSSR count). The molecule has 5 heteroatoms. The number of allylic oxidation sites excluding steroid dienone is 4. The van der Waals surface area contributed by atoms with E-state index in [1.165, 1.54) is 4.31 Å². The second-order valence-corrected chi connectivity index (χ2v) is 5.81. The third kappa shape index (κ3) is 1.86. The van der Waals surface area contributed by atoms with Crippen molar-refractivity contribution in [2.24, 2.45) is 0 Å². The molecule has 18 heavy (non-hydrogen) atoms. The van der Waals surface area contributed by atoms with E-state index in [0.29, 0.717) is 23.2 Å². The highest BCUT2D eigenvalue weighted by Crippen LogP contribution is 2.31. The lowest BCUT2D eigenvalue weighted by atomic mass is 10.2. The highest BCUT2D eigenvalue weighted by atomic mass is 32.2. The van der Waals surface area contributed by atoms with Crippen LogP contribution in [0.25, 0.3) is 0 Å². The molecule has 1 heterocycles. The fraction of sp³-hybridized carbons (Fsp3) is 0.154. The van der Waals surface area contributed by atoms with E-state index in [9.17, 15) is 13.2 Å². The van der Waals surface area contributed by atoms with Crippen LogP contribution in [0, 0.1) is 0 Å². The van der Waals surface area contributed by atoms with Crippen LogP contribution in [0.3, 0.4) is 0 Å². The van der Waals surface area contributed by atoms with Crippen LogP contribution >= 0.6 is 0 Å². The zero-order valence-corrected chi connectivity index (χ0v) is 10.9. The zero-order chi connectivity index (χ0) is 13.3. The van der Waals surface area contributed by atoms with E-state index in [1.807, 2.05) is 0 Å². The smallest absolute Gasteiger partial charge is 0.271 e. The molecule has 0 aliphatic carbocycles. The maximum absolute atomic E-state index is 12.4. The monoisotopic (exact) mass is 263 g/mol. The van der Waals surface area contributed by atoms with Gasteiger partial charge in [-0.15, -0.1) is 0 Å². The van der Waals surface area contributed by atoms with Gasteiger partial charge < -0.3 is 0 Å². The van der Waals surface area contributed by atoms with Gasteiger partial charge >= 0.3 is 0 Å². The minimum absolute atomic E-state index is 0.183. The number of para-hydroxylation sites is 1. The van der Waals surface area contributed by atoms with Gasteiger partial charge in [-0.25, -0.2) is 12.7 Å². The minimum atomic E-state index is -3.79. The Morgan fingerprint density at radius 3 is 2.28 bits per heavy atom. The highest BCUT2D eigenvalue weighted by Gasteiger charge is 2.32. The molecule has 1 aliphatic rings. The Bertz CT molecular complexity index is 642. The first-order chi connectivity index (χ1) is 8.48. The molecule has 1 aromatic rings. The SMILES string of the molecule is CC1=CC(C)=C(C=O)S(=O)(=O)N1c1ccccc1. The summed E-state index contributed by atoms with van der Waals surface area (Å²) in [5, 5.41) is 0. The minimum Gasteiger partial charge on any atom is -0.297 e. The first kappa shape index (κ1) is 12.6. The number of nitrogens with zero attached hydrogens (tertiary/aromatic N) is 1. The van der Waals surface area contributed by atoms with E-state index in [0.717, 1.165) is 0 Å². The molecule has 0 radical (unpaired) electrons. The largest absolute Gasteiger partial charge is 0.297 e. The molecule has 0 saturated carbocycles. The van der Waals surface area contributed by atoms with E-state index in [-0.39, 0.29) is 4.91 Å². The van der Waals surface area contributed by atoms with E-state index < -0.39 is 10.0 Å². The Kier molecular flexibility index (Phi) is 3.09. The molecule has 0 atom stereocenters. The van der Waals surface area contributed by atoms with E-state index in [1.54, 1.807) is 50.3 Å². The lowest BCUT2D eigenvalue weighted by Gasteiger charge is -2.28. The number of anilines is 1. The van der Waals surface area contributed by atoms with Crippen LogP contribution in [0.15, 0.2) is 52.6 Å². The number of rotatable bonds is 2. The number of carbonyl (C=O) groups is 1. The second-order valence-electron chi connectivity index (χ2n) is 4.06. The van der Waals surface area contributed by atoms with Gasteiger partial charge in [-0.2, -0.15) is 0 Å². The molecule has 0 fully saturated rings. The van der Waals surface area contributed by atoms with Crippen molar-refractivity contribution in [2.45, 2.75) is 13.8 Å². The van der Waals surface area contributed by atoms with Gasteiger partial charge in [-0.05, 0) is 37.6 Å². The summed E-state index contributed by atoms with van der Waals surface area (Å²) >= 11 is 0. The highest BCUT2D eigenvalue weighted by molar-refractivity contribution is 7.97. The van der Waals surface area contributed by atoms with Gasteiger partial charge in [0, 0.05) is 5.70 Å². The maximum Gasteiger partial charge on any atom is 0.271 e. The van der Waals surface area contributed by atoms with Gasteiger partial charge in [0.25, 0.3) is 10.0 Å². The van der Waals surface area contributed by atoms with Crippen molar-refractivity contribution in [1.82, 2.24) is 0 Å². The summed E-state index contributed by atoms with van der Waals surface area (Å²) in [7, 11) is -3.79. The summed E-state index contributed by atoms with van der Waals surface area (Å²) in [4.78, 5) is 10.8. The summed E-state index contributed by atoms with van der Waals surface area (Å²) in [6.45, 7) is 3.32. The number of benzene rings is 1. The van der Waals surface area contributed by atoms with Gasteiger partial charge in [0.2, 0.25) is 0 Å². The van der Waals surface area contributed by atoms with Gasteiger partial charge in [0.15, 0.2) is 6.29 Å². The number of hydrogen-bond acceptors (Lipinski definition) is 3. The maximum atomic E-state index is 12.4. The molecule has 0 bridgehead atoms. The molecule has 0 aromatic heterocycles. The molecular weight excluding hydrogens is 250 g/mol. The second kappa shape index (κ2) is 4.42. The fourth-order valence-electron chi connectivity index (χ4n) is 1.99. The lowest BCUT2D eigenvalue weighted by molar-refractivity contribution is -0.104. The van der Waals surface area contributed by atoms with Gasteiger partial charge in [-0.1, -0.05) is 18.2 Å². The summed E-state index contributed by atoms with van der Waals surface area (Å²) in [6, 6.07) is 8.70. The van der Waals surface area contributed by atoms with E-state index in [2.05, 4.69) is 0 Å². The van der Waals surface area contributed by atoms with Gasteiger partial charge in [-0.3, -0.25) is 4.79 Å². The zero-order valence-electron chi connectivity index (χ0n) is 10.1. The van der Waals surface area contributed by atoms with Crippen molar-refractivity contribution < 1.29 is 13.2 Å². The van der Waals surface area contributed by atoms with E-state index in [4.69, 9.17) is 0 Å². The molecule has 0 unspecified atom stereocenters. The van der Waals surface area contributed by atoms with Crippen LogP contribution < -0.4 is 4.31 Å². The van der Waals surface area contributed by atoms with Crippen molar-refractivity contribution in [3.63, 3.8) is 0 Å². The fourth-order valence-corrected chi connectivity index (χ4v) is 3.61. The summed E-state index contributed by atoms with van der Waals surface area (Å²) in [5.74, 6) is 0. The van der Waals surface area contributed by atoms with Crippen LogP contribution in [0.4, 0.5) is 5.69 Å². The normalized spacial score (nSPS) is 18.6. The molecule has 4 nitrogen and oxygen atoms in total. The molecule has 0 saturated heterocycles. The molecule has 1 aromatic carbocycles. The van der Waals surface area contributed by atoms with Crippen LogP contribution in [-0.4, -0.2) is 14.7 Å². The first-order valence-electron chi connectivity index (χ1n) is 5.43. The Morgan fingerprint density at radius 2 is 1.72 bits per heavy atom. The number of hydrogen-bond donors (Lipinski definition) is 0. The molecule has 0 amide bonds. The van der Waals surface area contributed by atoms with E-state index >= 15 is 0 Å². The molecule has 1 aliphatic heterocycles.